The Hall–Kier alpha value is -2.65. The van der Waals surface area contributed by atoms with Crippen LogP contribution in [-0.4, -0.2) is 40.0 Å². The van der Waals surface area contributed by atoms with Crippen LogP contribution in [0.15, 0.2) is 52.4 Å². The lowest BCUT2D eigenvalue weighted by atomic mass is 9.96. The van der Waals surface area contributed by atoms with Gasteiger partial charge in [-0.15, -0.1) is 0 Å². The van der Waals surface area contributed by atoms with Crippen LogP contribution in [-0.2, 0) is 16.6 Å². The van der Waals surface area contributed by atoms with Gasteiger partial charge < -0.3 is 10.0 Å². The van der Waals surface area contributed by atoms with E-state index in [1.54, 1.807) is 12.1 Å². The molecule has 0 aliphatic heterocycles. The lowest BCUT2D eigenvalue weighted by Gasteiger charge is -2.27. The smallest absolute Gasteiger partial charge is 0.407 e. The molecule has 160 valence electrons. The SMILES string of the molecule is Cc1cscc1-c1cc(CN(CC(C)(C)C)C(=O)O)cn1S(=O)(=O)c1cccnc1. The average Bonchev–Trinajstić information content (AvgIpc) is 3.27. The Morgan fingerprint density at radius 3 is 2.57 bits per heavy atom. The lowest BCUT2D eigenvalue weighted by molar-refractivity contribution is 0.123. The summed E-state index contributed by atoms with van der Waals surface area (Å²) >= 11 is 1.49. The molecule has 1 amide bonds. The van der Waals surface area contributed by atoms with E-state index in [1.165, 1.54) is 44.9 Å². The van der Waals surface area contributed by atoms with Crippen LogP contribution >= 0.6 is 11.3 Å². The molecule has 3 aromatic heterocycles. The third-order valence-electron chi connectivity index (χ3n) is 4.47. The van der Waals surface area contributed by atoms with Crippen molar-refractivity contribution in [2.75, 3.05) is 6.54 Å². The molecule has 0 saturated heterocycles. The maximum absolute atomic E-state index is 13.3. The van der Waals surface area contributed by atoms with Gasteiger partial charge in [0, 0.05) is 36.1 Å². The maximum atomic E-state index is 13.3. The number of amides is 1. The minimum Gasteiger partial charge on any atom is -0.465 e. The van der Waals surface area contributed by atoms with Crippen molar-refractivity contribution in [3.05, 3.63) is 58.7 Å². The summed E-state index contributed by atoms with van der Waals surface area (Å²) in [7, 11) is -3.89. The van der Waals surface area contributed by atoms with Crippen molar-refractivity contribution in [3.63, 3.8) is 0 Å². The first-order valence-corrected chi connectivity index (χ1v) is 11.8. The van der Waals surface area contributed by atoms with E-state index >= 15 is 0 Å². The van der Waals surface area contributed by atoms with E-state index in [4.69, 9.17) is 0 Å². The van der Waals surface area contributed by atoms with Gasteiger partial charge in [-0.1, -0.05) is 20.8 Å². The molecule has 0 radical (unpaired) electrons. The Morgan fingerprint density at radius 1 is 1.30 bits per heavy atom. The zero-order valence-corrected chi connectivity index (χ0v) is 19.0. The summed E-state index contributed by atoms with van der Waals surface area (Å²) in [5, 5.41) is 13.5. The van der Waals surface area contributed by atoms with Gasteiger partial charge in [-0.05, 0) is 47.0 Å². The number of pyridine rings is 1. The van der Waals surface area contributed by atoms with Crippen LogP contribution in [0, 0.1) is 12.3 Å². The second-order valence-corrected chi connectivity index (χ2v) is 10.9. The first-order chi connectivity index (χ1) is 14.0. The van der Waals surface area contributed by atoms with Gasteiger partial charge in [-0.2, -0.15) is 11.3 Å². The summed E-state index contributed by atoms with van der Waals surface area (Å²) in [5.41, 5.74) is 2.65. The lowest BCUT2D eigenvalue weighted by Crippen LogP contribution is -2.36. The van der Waals surface area contributed by atoms with Crippen LogP contribution in [0.25, 0.3) is 11.3 Å². The molecule has 9 heteroatoms. The van der Waals surface area contributed by atoms with E-state index in [-0.39, 0.29) is 16.9 Å². The number of aromatic nitrogens is 2. The quantitative estimate of drug-likeness (QED) is 0.592. The molecule has 1 N–H and O–H groups in total. The number of aryl methyl sites for hydroxylation is 1. The Morgan fingerprint density at radius 2 is 2.03 bits per heavy atom. The first-order valence-electron chi connectivity index (χ1n) is 9.37. The van der Waals surface area contributed by atoms with Crippen LogP contribution in [0.3, 0.4) is 0 Å². The summed E-state index contributed by atoms with van der Waals surface area (Å²) < 4.78 is 27.9. The standard InChI is InChI=1S/C21H25N3O4S2/c1-15-12-29-13-18(15)19-8-16(10-23(20(25)26)14-21(2,3)4)11-24(19)30(27,28)17-6-5-7-22-9-17/h5-9,11-13H,10,14H2,1-4H3,(H,25,26). The van der Waals surface area contributed by atoms with Crippen molar-refractivity contribution in [1.29, 1.82) is 0 Å². The molecule has 0 spiro atoms. The van der Waals surface area contributed by atoms with E-state index in [1.807, 2.05) is 38.5 Å². The molecule has 0 saturated carbocycles. The monoisotopic (exact) mass is 447 g/mol. The van der Waals surface area contributed by atoms with Crippen molar-refractivity contribution in [2.24, 2.45) is 5.41 Å². The van der Waals surface area contributed by atoms with Gasteiger partial charge in [-0.3, -0.25) is 4.98 Å². The number of carbonyl (C=O) groups is 1. The first kappa shape index (κ1) is 22.0. The second kappa shape index (κ2) is 8.23. The molecule has 0 aromatic carbocycles. The third kappa shape index (κ3) is 4.73. The van der Waals surface area contributed by atoms with Gasteiger partial charge in [-0.25, -0.2) is 17.2 Å². The number of carboxylic acid groups (broad SMARTS) is 1. The van der Waals surface area contributed by atoms with Gasteiger partial charge in [0.2, 0.25) is 0 Å². The molecule has 0 unspecified atom stereocenters. The highest BCUT2D eigenvalue weighted by molar-refractivity contribution is 7.90. The van der Waals surface area contributed by atoms with E-state index in [0.29, 0.717) is 17.8 Å². The molecule has 3 aromatic rings. The van der Waals surface area contributed by atoms with Crippen molar-refractivity contribution in [2.45, 2.75) is 39.1 Å². The Balaban J connectivity index is 2.10. The minimum atomic E-state index is -3.89. The predicted octanol–water partition coefficient (Wildman–Crippen LogP) is 4.68. The van der Waals surface area contributed by atoms with Crippen LogP contribution in [0.5, 0.6) is 0 Å². The third-order valence-corrected chi connectivity index (χ3v) is 6.99. The van der Waals surface area contributed by atoms with E-state index in [9.17, 15) is 18.3 Å². The average molecular weight is 448 g/mol. The zero-order chi connectivity index (χ0) is 22.1. The zero-order valence-electron chi connectivity index (χ0n) is 17.4. The van der Waals surface area contributed by atoms with Crippen LogP contribution < -0.4 is 0 Å². The highest BCUT2D eigenvalue weighted by Crippen LogP contribution is 2.32. The van der Waals surface area contributed by atoms with Crippen LogP contribution in [0.4, 0.5) is 4.79 Å². The summed E-state index contributed by atoms with van der Waals surface area (Å²) in [6.07, 6.45) is 3.29. The highest BCUT2D eigenvalue weighted by atomic mass is 32.2. The van der Waals surface area contributed by atoms with Crippen LogP contribution in [0.2, 0.25) is 0 Å². The number of thiophene rings is 1. The highest BCUT2D eigenvalue weighted by Gasteiger charge is 2.26. The Labute approximate surface area is 180 Å². The van der Waals surface area contributed by atoms with Gasteiger partial charge in [0.25, 0.3) is 10.0 Å². The second-order valence-electron chi connectivity index (χ2n) is 8.39. The fourth-order valence-corrected chi connectivity index (χ4v) is 5.40. The van der Waals surface area contributed by atoms with Crippen molar-refractivity contribution < 1.29 is 18.3 Å². The summed E-state index contributed by atoms with van der Waals surface area (Å²) in [6, 6.07) is 4.82. The van der Waals surface area contributed by atoms with Gasteiger partial charge in [0.1, 0.15) is 4.90 Å². The van der Waals surface area contributed by atoms with Gasteiger partial charge >= 0.3 is 6.09 Å². The summed E-state index contributed by atoms with van der Waals surface area (Å²) in [5.74, 6) is 0. The summed E-state index contributed by atoms with van der Waals surface area (Å²) in [4.78, 5) is 17.1. The fraction of sp³-hybridized carbons (Fsp3) is 0.333. The Bertz CT molecular complexity index is 1140. The Kier molecular flexibility index (Phi) is 6.05. The molecule has 3 rings (SSSR count). The van der Waals surface area contributed by atoms with Crippen LogP contribution in [0.1, 0.15) is 31.9 Å². The summed E-state index contributed by atoms with van der Waals surface area (Å²) in [6.45, 7) is 8.22. The molecule has 0 bridgehead atoms. The van der Waals surface area contributed by atoms with Gasteiger partial charge in [0.05, 0.1) is 12.2 Å². The van der Waals surface area contributed by atoms with Crippen molar-refractivity contribution >= 4 is 27.5 Å². The van der Waals surface area contributed by atoms with E-state index in [2.05, 4.69) is 4.98 Å². The molecule has 0 aliphatic carbocycles. The van der Waals surface area contributed by atoms with Gasteiger partial charge in [0.15, 0.2) is 0 Å². The van der Waals surface area contributed by atoms with E-state index < -0.39 is 16.1 Å². The molecule has 0 aliphatic rings. The fourth-order valence-electron chi connectivity index (χ4n) is 3.20. The largest absolute Gasteiger partial charge is 0.465 e. The van der Waals surface area contributed by atoms with Crippen molar-refractivity contribution in [1.82, 2.24) is 13.9 Å². The van der Waals surface area contributed by atoms with Crippen molar-refractivity contribution in [3.8, 4) is 11.3 Å². The number of nitrogens with zero attached hydrogens (tertiary/aromatic N) is 3. The molecule has 0 atom stereocenters. The minimum absolute atomic E-state index is 0.0751. The number of rotatable bonds is 6. The molecule has 0 fully saturated rings. The number of hydrogen-bond donors (Lipinski definition) is 1. The molecule has 7 nitrogen and oxygen atoms in total. The topological polar surface area (TPSA) is 92.5 Å². The molecule has 3 heterocycles. The number of hydrogen-bond acceptors (Lipinski definition) is 5. The molecule has 30 heavy (non-hydrogen) atoms. The maximum Gasteiger partial charge on any atom is 0.407 e. The normalized spacial score (nSPS) is 12.1. The van der Waals surface area contributed by atoms with E-state index in [0.717, 1.165) is 11.1 Å². The molecular weight excluding hydrogens is 422 g/mol. The predicted molar refractivity (Wildman–Crippen MR) is 117 cm³/mol. The molecular formula is C21H25N3O4S2.